The van der Waals surface area contributed by atoms with E-state index < -0.39 is 18.3 Å². The number of hydrogen-bond acceptors (Lipinski definition) is 4. The zero-order valence-corrected chi connectivity index (χ0v) is 10.0. The van der Waals surface area contributed by atoms with Crippen LogP contribution in [0.25, 0.3) is 0 Å². The highest BCUT2D eigenvalue weighted by atomic mass is 19.1. The largest absolute Gasteiger partial charge is 0.389 e. The molecule has 5 heteroatoms. The fourth-order valence-corrected chi connectivity index (χ4v) is 2.19. The summed E-state index contributed by atoms with van der Waals surface area (Å²) in [6.07, 6.45) is -1.56. The topological polar surface area (TPSA) is 63.9 Å². The molecule has 0 aliphatic carbocycles. The van der Waals surface area contributed by atoms with Gasteiger partial charge in [-0.05, 0) is 24.1 Å². The van der Waals surface area contributed by atoms with Gasteiger partial charge in [-0.3, -0.25) is 4.90 Å². The van der Waals surface area contributed by atoms with E-state index in [1.807, 2.05) is 4.90 Å². The third-order valence-electron chi connectivity index (χ3n) is 3.31. The van der Waals surface area contributed by atoms with Crippen molar-refractivity contribution in [3.8, 4) is 0 Å². The molecule has 3 atom stereocenters. The molecule has 3 unspecified atom stereocenters. The zero-order valence-electron chi connectivity index (χ0n) is 10.0. The molecule has 0 spiro atoms. The number of likely N-dealkylation sites (tertiary alicyclic amines) is 1. The molecule has 1 aliphatic heterocycles. The fraction of sp³-hybridized carbons (Fsp3) is 0.538. The lowest BCUT2D eigenvalue weighted by molar-refractivity contribution is 0.0572. The fourth-order valence-electron chi connectivity index (χ4n) is 2.19. The van der Waals surface area contributed by atoms with E-state index in [4.69, 9.17) is 0 Å². The Morgan fingerprint density at radius 3 is 2.28 bits per heavy atom. The minimum absolute atomic E-state index is 0.322. The molecule has 0 saturated carbocycles. The molecule has 2 rings (SSSR count). The number of benzene rings is 1. The molecule has 0 aromatic heterocycles. The zero-order chi connectivity index (χ0) is 13.1. The van der Waals surface area contributed by atoms with Gasteiger partial charge >= 0.3 is 0 Å². The average Bonchev–Trinajstić information content (AvgIpc) is 2.67. The van der Waals surface area contributed by atoms with Gasteiger partial charge in [0, 0.05) is 19.6 Å². The van der Waals surface area contributed by atoms with Gasteiger partial charge in [-0.25, -0.2) is 4.39 Å². The van der Waals surface area contributed by atoms with Crippen molar-refractivity contribution < 1.29 is 19.7 Å². The van der Waals surface area contributed by atoms with Crippen molar-refractivity contribution in [2.75, 3.05) is 19.6 Å². The van der Waals surface area contributed by atoms with Gasteiger partial charge in [-0.1, -0.05) is 12.1 Å². The second-order valence-electron chi connectivity index (χ2n) is 4.75. The molecule has 18 heavy (non-hydrogen) atoms. The Labute approximate surface area is 105 Å². The highest BCUT2D eigenvalue weighted by Crippen LogP contribution is 2.19. The molecule has 0 radical (unpaired) electrons. The highest BCUT2D eigenvalue weighted by molar-refractivity contribution is 5.18. The summed E-state index contributed by atoms with van der Waals surface area (Å²) in [7, 11) is 0. The SMILES string of the molecule is OC(CCN1CC(O)C(O)C1)c1ccc(F)cc1. The van der Waals surface area contributed by atoms with E-state index in [0.29, 0.717) is 31.6 Å². The highest BCUT2D eigenvalue weighted by Gasteiger charge is 2.29. The first-order valence-electron chi connectivity index (χ1n) is 6.08. The van der Waals surface area contributed by atoms with Gasteiger partial charge in [-0.15, -0.1) is 0 Å². The van der Waals surface area contributed by atoms with Gasteiger partial charge in [0.05, 0.1) is 18.3 Å². The van der Waals surface area contributed by atoms with Gasteiger partial charge in [0.2, 0.25) is 0 Å². The standard InChI is InChI=1S/C13H18FNO3/c14-10-3-1-9(2-4-10)11(16)5-6-15-7-12(17)13(18)8-15/h1-4,11-13,16-18H,5-8H2. The van der Waals surface area contributed by atoms with Crippen molar-refractivity contribution in [2.24, 2.45) is 0 Å². The summed E-state index contributed by atoms with van der Waals surface area (Å²) < 4.78 is 12.7. The van der Waals surface area contributed by atoms with Crippen LogP contribution in [0.3, 0.4) is 0 Å². The van der Waals surface area contributed by atoms with Crippen LogP contribution in [-0.2, 0) is 0 Å². The van der Waals surface area contributed by atoms with E-state index in [1.54, 1.807) is 12.1 Å². The van der Waals surface area contributed by atoms with E-state index >= 15 is 0 Å². The van der Waals surface area contributed by atoms with E-state index in [9.17, 15) is 19.7 Å². The normalized spacial score (nSPS) is 26.4. The average molecular weight is 255 g/mol. The van der Waals surface area contributed by atoms with Gasteiger partial charge < -0.3 is 15.3 Å². The minimum atomic E-state index is -0.701. The summed E-state index contributed by atoms with van der Waals surface area (Å²) in [5.74, 6) is -0.322. The number of nitrogens with zero attached hydrogens (tertiary/aromatic N) is 1. The summed E-state index contributed by atoms with van der Waals surface area (Å²) in [4.78, 5) is 1.90. The maximum Gasteiger partial charge on any atom is 0.123 e. The van der Waals surface area contributed by atoms with Crippen LogP contribution >= 0.6 is 0 Å². The van der Waals surface area contributed by atoms with Crippen LogP contribution in [0.1, 0.15) is 18.1 Å². The maximum atomic E-state index is 12.7. The van der Waals surface area contributed by atoms with Crippen LogP contribution < -0.4 is 0 Å². The number of rotatable bonds is 4. The van der Waals surface area contributed by atoms with Crippen LogP contribution in [0.2, 0.25) is 0 Å². The monoisotopic (exact) mass is 255 g/mol. The molecule has 1 aliphatic rings. The summed E-state index contributed by atoms with van der Waals surface area (Å²) in [5.41, 5.74) is 0.677. The Kier molecular flexibility index (Phi) is 4.29. The van der Waals surface area contributed by atoms with Crippen molar-refractivity contribution in [1.29, 1.82) is 0 Å². The molecule has 1 fully saturated rings. The van der Waals surface area contributed by atoms with Gasteiger partial charge in [0.15, 0.2) is 0 Å². The van der Waals surface area contributed by atoms with Gasteiger partial charge in [-0.2, -0.15) is 0 Å². The van der Waals surface area contributed by atoms with Gasteiger partial charge in [0.25, 0.3) is 0 Å². The second-order valence-corrected chi connectivity index (χ2v) is 4.75. The summed E-state index contributed by atoms with van der Waals surface area (Å²) in [6, 6.07) is 5.77. The third kappa shape index (κ3) is 3.26. The second kappa shape index (κ2) is 5.75. The van der Waals surface area contributed by atoms with E-state index in [1.165, 1.54) is 12.1 Å². The Morgan fingerprint density at radius 1 is 1.17 bits per heavy atom. The Hall–Kier alpha value is -1.01. The third-order valence-corrected chi connectivity index (χ3v) is 3.31. The molecule has 3 N–H and O–H groups in total. The molecule has 1 aromatic rings. The molecule has 0 amide bonds. The quantitative estimate of drug-likeness (QED) is 0.723. The van der Waals surface area contributed by atoms with E-state index in [0.717, 1.165) is 0 Å². The summed E-state index contributed by atoms with van der Waals surface area (Å²) >= 11 is 0. The van der Waals surface area contributed by atoms with Crippen molar-refractivity contribution in [2.45, 2.75) is 24.7 Å². The van der Waals surface area contributed by atoms with E-state index in [-0.39, 0.29) is 5.82 Å². The molecule has 1 saturated heterocycles. The number of hydrogen-bond donors (Lipinski definition) is 3. The smallest absolute Gasteiger partial charge is 0.123 e. The molecule has 4 nitrogen and oxygen atoms in total. The molecule has 0 bridgehead atoms. The van der Waals surface area contributed by atoms with Crippen LogP contribution in [0.15, 0.2) is 24.3 Å². The lowest BCUT2D eigenvalue weighted by Gasteiger charge is -2.17. The predicted octanol–water partition coefficient (Wildman–Crippen LogP) is 0.287. The maximum absolute atomic E-state index is 12.7. The molecular formula is C13H18FNO3. The molecular weight excluding hydrogens is 237 g/mol. The number of aliphatic hydroxyl groups excluding tert-OH is 3. The van der Waals surface area contributed by atoms with Crippen molar-refractivity contribution >= 4 is 0 Å². The number of halogens is 1. The molecule has 1 aromatic carbocycles. The van der Waals surface area contributed by atoms with E-state index in [2.05, 4.69) is 0 Å². The van der Waals surface area contributed by atoms with Crippen LogP contribution in [0, 0.1) is 5.82 Å². The van der Waals surface area contributed by atoms with Crippen LogP contribution in [-0.4, -0.2) is 52.1 Å². The lowest BCUT2D eigenvalue weighted by atomic mass is 10.1. The predicted molar refractivity (Wildman–Crippen MR) is 64.4 cm³/mol. The van der Waals surface area contributed by atoms with Crippen LogP contribution in [0.4, 0.5) is 4.39 Å². The molecule has 100 valence electrons. The first kappa shape index (κ1) is 13.4. The Balaban J connectivity index is 1.81. The van der Waals surface area contributed by atoms with Crippen molar-refractivity contribution in [3.63, 3.8) is 0 Å². The van der Waals surface area contributed by atoms with Crippen molar-refractivity contribution in [1.82, 2.24) is 4.90 Å². The first-order valence-corrected chi connectivity index (χ1v) is 6.08. The Bertz CT molecular complexity index is 374. The summed E-state index contributed by atoms with van der Waals surface area (Å²) in [5, 5.41) is 28.7. The molecule has 1 heterocycles. The van der Waals surface area contributed by atoms with Crippen LogP contribution in [0.5, 0.6) is 0 Å². The lowest BCUT2D eigenvalue weighted by Crippen LogP contribution is -2.24. The van der Waals surface area contributed by atoms with Gasteiger partial charge in [0.1, 0.15) is 5.82 Å². The first-order chi connectivity index (χ1) is 8.56. The minimum Gasteiger partial charge on any atom is -0.389 e. The van der Waals surface area contributed by atoms with Crippen molar-refractivity contribution in [3.05, 3.63) is 35.6 Å². The number of β-amino-alcohol motifs (C(OH)–C–C–N with tert-alkyl or cyclic N) is 2. The summed E-state index contributed by atoms with van der Waals surface area (Å²) in [6.45, 7) is 1.45. The Morgan fingerprint density at radius 2 is 1.72 bits per heavy atom. The number of aliphatic hydroxyl groups is 3.